The topological polar surface area (TPSA) is 228 Å². The quantitative estimate of drug-likeness (QED) is 0.0204. The van der Waals surface area contributed by atoms with Crippen LogP contribution in [0.1, 0.15) is 264 Å². The van der Waals surface area contributed by atoms with Crippen LogP contribution >= 0.6 is 0 Å². The van der Waals surface area contributed by atoms with Gasteiger partial charge in [0.2, 0.25) is 5.91 Å². The van der Waals surface area contributed by atoms with Crippen molar-refractivity contribution in [3.8, 4) is 0 Å². The Labute approximate surface area is 480 Å². The Bertz CT molecular complexity index is 1510. The molecule has 12 atom stereocenters. The van der Waals surface area contributed by atoms with Gasteiger partial charge in [0.05, 0.1) is 32.0 Å². The molecule has 79 heavy (non-hydrogen) atoms. The lowest BCUT2D eigenvalue weighted by Gasteiger charge is -2.46. The first-order valence-corrected chi connectivity index (χ1v) is 32.4. The fourth-order valence-electron chi connectivity index (χ4n) is 10.5. The van der Waals surface area contributed by atoms with Gasteiger partial charge in [-0.05, 0) is 70.6 Å². The largest absolute Gasteiger partial charge is 0.394 e. The van der Waals surface area contributed by atoms with Crippen molar-refractivity contribution < 1.29 is 64.6 Å². The Balaban J connectivity index is 1.75. The van der Waals surface area contributed by atoms with Gasteiger partial charge in [-0.3, -0.25) is 4.79 Å². The van der Waals surface area contributed by atoms with Gasteiger partial charge < -0.3 is 65.1 Å². The maximum atomic E-state index is 13.3. The van der Waals surface area contributed by atoms with Gasteiger partial charge in [0, 0.05) is 6.42 Å². The lowest BCUT2D eigenvalue weighted by atomic mass is 9.97. The molecule has 0 aliphatic carbocycles. The molecule has 2 aliphatic heterocycles. The highest BCUT2D eigenvalue weighted by atomic mass is 16.7. The second-order valence-electron chi connectivity index (χ2n) is 22.9. The summed E-state index contributed by atoms with van der Waals surface area (Å²) in [5.41, 5.74) is 0. The smallest absolute Gasteiger partial charge is 0.220 e. The van der Waals surface area contributed by atoms with E-state index < -0.39 is 86.8 Å². The minimum Gasteiger partial charge on any atom is -0.394 e. The minimum atomic E-state index is -1.79. The molecule has 0 spiro atoms. The predicted molar refractivity (Wildman–Crippen MR) is 318 cm³/mol. The summed E-state index contributed by atoms with van der Waals surface area (Å²) in [7, 11) is 0. The highest BCUT2D eigenvalue weighted by Crippen LogP contribution is 2.30. The van der Waals surface area contributed by atoms with Crippen LogP contribution in [0.25, 0.3) is 0 Å². The van der Waals surface area contributed by atoms with E-state index in [1.807, 2.05) is 6.08 Å². The van der Waals surface area contributed by atoms with Crippen LogP contribution in [0.2, 0.25) is 0 Å². The van der Waals surface area contributed by atoms with Crippen LogP contribution in [0.5, 0.6) is 0 Å². The molecule has 2 fully saturated rings. The van der Waals surface area contributed by atoms with Crippen molar-refractivity contribution in [1.29, 1.82) is 0 Å². The van der Waals surface area contributed by atoms with Crippen LogP contribution in [0, 0.1) is 0 Å². The van der Waals surface area contributed by atoms with E-state index in [1.54, 1.807) is 6.08 Å². The molecule has 0 aromatic heterocycles. The fraction of sp³-hybridized carbons (Fsp3) is 0.862. The summed E-state index contributed by atoms with van der Waals surface area (Å²) in [5.74, 6) is -0.257. The van der Waals surface area contributed by atoms with Gasteiger partial charge in [0.25, 0.3) is 0 Å². The second-order valence-corrected chi connectivity index (χ2v) is 22.9. The summed E-state index contributed by atoms with van der Waals surface area (Å²) in [6.45, 7) is 2.79. The molecule has 0 radical (unpaired) electrons. The molecule has 0 aromatic carbocycles. The average molecular weight is 1120 g/mol. The number of hydrogen-bond acceptors (Lipinski definition) is 13. The molecule has 0 aromatic rings. The summed E-state index contributed by atoms with van der Waals surface area (Å²) >= 11 is 0. The number of aliphatic hydroxyl groups excluding tert-OH is 8. The Kier molecular flexibility index (Phi) is 46.7. The van der Waals surface area contributed by atoms with Gasteiger partial charge in [-0.15, -0.1) is 0 Å². The first kappa shape index (κ1) is 73.1. The molecule has 2 aliphatic rings. The standard InChI is InChI=1S/C65H119NO13/c1-3-5-7-9-11-13-15-17-19-21-23-24-25-26-27-28-29-30-31-32-34-36-38-40-42-44-46-48-54(69)53(66-57(70)49-47-45-43-41-39-37-35-33-22-20-18-16-14-12-10-8-6-4-2)52-76-64-62(75)60(73)63(56(51-68)78-64)79-65-61(74)59(72)58(71)55(50-67)77-65/h20,22,31-32,38,40,46,48,53-56,58-65,67-69,71-75H,3-19,21,23-30,33-37,39,41-45,47,49-52H2,1-2H3,(H,66,70)/b22-20-,32-31+,40-38+,48-46+. The lowest BCUT2D eigenvalue weighted by Crippen LogP contribution is -2.65. The Morgan fingerprint density at radius 2 is 0.810 bits per heavy atom. The fourth-order valence-corrected chi connectivity index (χ4v) is 10.5. The van der Waals surface area contributed by atoms with Gasteiger partial charge in [-0.25, -0.2) is 0 Å². The number of unbranched alkanes of at least 4 members (excludes halogenated alkanes) is 33. The number of aliphatic hydroxyl groups is 8. The molecule has 14 heteroatoms. The van der Waals surface area contributed by atoms with E-state index >= 15 is 0 Å². The number of carbonyl (C=O) groups excluding carboxylic acids is 1. The molecule has 12 unspecified atom stereocenters. The van der Waals surface area contributed by atoms with Crippen LogP contribution in [0.3, 0.4) is 0 Å². The summed E-state index contributed by atoms with van der Waals surface area (Å²) in [5, 5.41) is 87.2. The van der Waals surface area contributed by atoms with Crippen molar-refractivity contribution in [2.45, 2.75) is 338 Å². The van der Waals surface area contributed by atoms with E-state index in [9.17, 15) is 45.6 Å². The second kappa shape index (κ2) is 50.5. The van der Waals surface area contributed by atoms with Crippen molar-refractivity contribution in [3.05, 3.63) is 48.6 Å². The highest BCUT2D eigenvalue weighted by Gasteiger charge is 2.51. The van der Waals surface area contributed by atoms with Crippen molar-refractivity contribution in [2.75, 3.05) is 19.8 Å². The zero-order valence-electron chi connectivity index (χ0n) is 49.9. The summed E-state index contributed by atoms with van der Waals surface area (Å²) in [6, 6.07) is -0.941. The molecule has 462 valence electrons. The van der Waals surface area contributed by atoms with Gasteiger partial charge in [0.1, 0.15) is 48.8 Å². The number of ether oxygens (including phenoxy) is 4. The molecular formula is C65H119NO13. The number of hydrogen-bond donors (Lipinski definition) is 9. The number of carbonyl (C=O) groups is 1. The van der Waals surface area contributed by atoms with Gasteiger partial charge in [0.15, 0.2) is 12.6 Å². The molecule has 2 saturated heterocycles. The first-order chi connectivity index (χ1) is 38.6. The molecule has 2 heterocycles. The Morgan fingerprint density at radius 3 is 1.24 bits per heavy atom. The molecule has 0 saturated carbocycles. The van der Waals surface area contributed by atoms with E-state index in [2.05, 4.69) is 55.6 Å². The normalized spacial score (nSPS) is 24.7. The summed E-state index contributed by atoms with van der Waals surface area (Å²) in [4.78, 5) is 13.3. The zero-order valence-corrected chi connectivity index (χ0v) is 49.9. The number of allylic oxidation sites excluding steroid dienone is 7. The summed E-state index contributed by atoms with van der Waals surface area (Å²) < 4.78 is 22.8. The van der Waals surface area contributed by atoms with E-state index in [0.717, 1.165) is 51.4 Å². The number of amides is 1. The third-order valence-electron chi connectivity index (χ3n) is 15.7. The van der Waals surface area contributed by atoms with Crippen molar-refractivity contribution in [2.24, 2.45) is 0 Å². The number of rotatable bonds is 52. The first-order valence-electron chi connectivity index (χ1n) is 32.4. The lowest BCUT2D eigenvalue weighted by molar-refractivity contribution is -0.359. The zero-order chi connectivity index (χ0) is 57.4. The maximum absolute atomic E-state index is 13.3. The minimum absolute atomic E-state index is 0.257. The number of nitrogens with one attached hydrogen (secondary N) is 1. The molecule has 14 nitrogen and oxygen atoms in total. The summed E-state index contributed by atoms with van der Waals surface area (Å²) in [6.07, 6.45) is 47.3. The Hall–Kier alpha value is -2.05. The van der Waals surface area contributed by atoms with Crippen molar-refractivity contribution >= 4 is 5.91 Å². The van der Waals surface area contributed by atoms with Crippen LogP contribution < -0.4 is 5.32 Å². The van der Waals surface area contributed by atoms with Crippen LogP contribution in [0.15, 0.2) is 48.6 Å². The highest BCUT2D eigenvalue weighted by molar-refractivity contribution is 5.76. The van der Waals surface area contributed by atoms with Crippen LogP contribution in [0.4, 0.5) is 0 Å². The molecule has 0 bridgehead atoms. The third kappa shape index (κ3) is 35.6. The molecule has 1 amide bonds. The van der Waals surface area contributed by atoms with E-state index in [-0.39, 0.29) is 18.9 Å². The molecular weight excluding hydrogens is 1000 g/mol. The SMILES string of the molecule is CCCCCCCCC/C=C\CCCCCCCCCC(=O)NC(COC1OC(CO)C(OC2OC(CO)C(O)C(O)C2O)C(O)C1O)C(O)/C=C/CC/C=C/CC/C=C/CCCCCCCCCCCCCCCCCCC. The van der Waals surface area contributed by atoms with E-state index in [1.165, 1.54) is 180 Å². The van der Waals surface area contributed by atoms with Gasteiger partial charge in [-0.1, -0.05) is 236 Å². The van der Waals surface area contributed by atoms with Crippen LogP contribution in [-0.4, -0.2) is 140 Å². The predicted octanol–water partition coefficient (Wildman–Crippen LogP) is 12.0. The third-order valence-corrected chi connectivity index (χ3v) is 15.7. The van der Waals surface area contributed by atoms with Gasteiger partial charge >= 0.3 is 0 Å². The molecule has 9 N–H and O–H groups in total. The average Bonchev–Trinajstić information content (AvgIpc) is 3.46. The van der Waals surface area contributed by atoms with E-state index in [0.29, 0.717) is 12.8 Å². The maximum Gasteiger partial charge on any atom is 0.220 e. The van der Waals surface area contributed by atoms with Crippen molar-refractivity contribution in [3.63, 3.8) is 0 Å². The van der Waals surface area contributed by atoms with Gasteiger partial charge in [-0.2, -0.15) is 0 Å². The van der Waals surface area contributed by atoms with Crippen LogP contribution in [-0.2, 0) is 23.7 Å². The Morgan fingerprint density at radius 1 is 0.443 bits per heavy atom. The van der Waals surface area contributed by atoms with Crippen molar-refractivity contribution in [1.82, 2.24) is 5.32 Å². The molecule has 2 rings (SSSR count). The monoisotopic (exact) mass is 1120 g/mol. The van der Waals surface area contributed by atoms with E-state index in [4.69, 9.17) is 18.9 Å².